The molecule has 1 unspecified atom stereocenters. The van der Waals surface area contributed by atoms with Crippen molar-refractivity contribution < 1.29 is 13.9 Å². The third kappa shape index (κ3) is 4.26. The summed E-state index contributed by atoms with van der Waals surface area (Å²) in [6.07, 6.45) is 2.83. The van der Waals surface area contributed by atoms with Crippen molar-refractivity contribution in [1.29, 1.82) is 0 Å². The van der Waals surface area contributed by atoms with E-state index in [2.05, 4.69) is 67.4 Å². The second-order valence-corrected chi connectivity index (χ2v) is 10.0. The smallest absolute Gasteiger partial charge is 0.146 e. The van der Waals surface area contributed by atoms with Crippen LogP contribution < -0.4 is 4.90 Å². The maximum Gasteiger partial charge on any atom is 0.146 e. The highest BCUT2D eigenvalue weighted by atomic mass is 19.1. The molecule has 1 aromatic heterocycles. The molecule has 5 aromatic rings. The molecular formula is C34H30FNO2. The number of furan rings is 1. The SMILES string of the molecule is CC(c1ccccc1)N(C)c1cc2oc(-c3ccc(F)cc3)c(C(O)=C3CCC3)c2cc1-c1ccccc1. The molecule has 1 aliphatic rings. The predicted molar refractivity (Wildman–Crippen MR) is 154 cm³/mol. The minimum Gasteiger partial charge on any atom is -0.507 e. The highest BCUT2D eigenvalue weighted by Crippen LogP contribution is 2.46. The van der Waals surface area contributed by atoms with E-state index in [-0.39, 0.29) is 17.6 Å². The highest BCUT2D eigenvalue weighted by Gasteiger charge is 2.26. The van der Waals surface area contributed by atoms with E-state index in [1.54, 1.807) is 12.1 Å². The van der Waals surface area contributed by atoms with Crippen molar-refractivity contribution in [3.8, 4) is 22.5 Å². The lowest BCUT2D eigenvalue weighted by atomic mass is 9.88. The van der Waals surface area contributed by atoms with Crippen LogP contribution in [0.15, 0.2) is 107 Å². The molecular weight excluding hydrogens is 473 g/mol. The standard InChI is InChI=1S/C34H30FNO2/c1-22(23-10-5-3-6-11-23)36(2)30-21-31-29(20-28(30)24-12-7-4-8-13-24)32(33(37)25-14-9-15-25)34(38-31)26-16-18-27(35)19-17-26/h3-8,10-13,16-22,37H,9,14-15H2,1-2H3. The van der Waals surface area contributed by atoms with Gasteiger partial charge in [0.2, 0.25) is 0 Å². The minimum atomic E-state index is -0.307. The van der Waals surface area contributed by atoms with Crippen LogP contribution in [0.25, 0.3) is 39.2 Å². The van der Waals surface area contributed by atoms with E-state index in [0.717, 1.165) is 52.6 Å². The molecule has 1 heterocycles. The summed E-state index contributed by atoms with van der Waals surface area (Å²) in [6, 6.07) is 31.3. The summed E-state index contributed by atoms with van der Waals surface area (Å²) in [6.45, 7) is 2.19. The second-order valence-electron chi connectivity index (χ2n) is 10.0. The van der Waals surface area contributed by atoms with Gasteiger partial charge in [-0.05, 0) is 73.2 Å². The van der Waals surface area contributed by atoms with Crippen LogP contribution in [0.4, 0.5) is 10.1 Å². The Balaban J connectivity index is 1.60. The molecule has 1 atom stereocenters. The van der Waals surface area contributed by atoms with E-state index >= 15 is 0 Å². The Bertz CT molecular complexity index is 1610. The Morgan fingerprint density at radius 1 is 0.868 bits per heavy atom. The van der Waals surface area contributed by atoms with Gasteiger partial charge < -0.3 is 14.4 Å². The van der Waals surface area contributed by atoms with Crippen LogP contribution in [0, 0.1) is 5.82 Å². The molecule has 0 bridgehead atoms. The number of anilines is 1. The van der Waals surface area contributed by atoms with Gasteiger partial charge in [0.1, 0.15) is 22.9 Å². The molecule has 1 saturated carbocycles. The largest absolute Gasteiger partial charge is 0.507 e. The zero-order valence-electron chi connectivity index (χ0n) is 21.6. The molecule has 1 fully saturated rings. The van der Waals surface area contributed by atoms with Crippen molar-refractivity contribution in [3.63, 3.8) is 0 Å². The molecule has 1 N–H and O–H groups in total. The van der Waals surface area contributed by atoms with Crippen LogP contribution in [-0.2, 0) is 0 Å². The minimum absolute atomic E-state index is 0.118. The first-order valence-corrected chi connectivity index (χ1v) is 13.1. The Hall–Kier alpha value is -4.31. The monoisotopic (exact) mass is 503 g/mol. The molecule has 0 spiro atoms. The van der Waals surface area contributed by atoms with Gasteiger partial charge in [0, 0.05) is 35.3 Å². The molecule has 0 aliphatic heterocycles. The summed E-state index contributed by atoms with van der Waals surface area (Å²) in [5.74, 6) is 0.539. The number of halogens is 1. The number of aliphatic hydroxyl groups is 1. The summed E-state index contributed by atoms with van der Waals surface area (Å²) in [4.78, 5) is 2.26. The van der Waals surface area contributed by atoms with Crippen molar-refractivity contribution in [1.82, 2.24) is 0 Å². The van der Waals surface area contributed by atoms with Crippen molar-refractivity contribution in [2.75, 3.05) is 11.9 Å². The first kappa shape index (κ1) is 24.1. The topological polar surface area (TPSA) is 36.6 Å². The van der Waals surface area contributed by atoms with Crippen LogP contribution >= 0.6 is 0 Å². The number of rotatable bonds is 6. The molecule has 0 saturated heterocycles. The van der Waals surface area contributed by atoms with Crippen LogP contribution in [-0.4, -0.2) is 12.2 Å². The lowest BCUT2D eigenvalue weighted by Crippen LogP contribution is -2.22. The first-order chi connectivity index (χ1) is 18.5. The highest BCUT2D eigenvalue weighted by molar-refractivity contribution is 6.02. The number of allylic oxidation sites excluding steroid dienone is 1. The fourth-order valence-electron chi connectivity index (χ4n) is 5.24. The molecule has 3 nitrogen and oxygen atoms in total. The summed E-state index contributed by atoms with van der Waals surface area (Å²) >= 11 is 0. The molecule has 1 aliphatic carbocycles. The average molecular weight is 504 g/mol. The molecule has 190 valence electrons. The molecule has 0 radical (unpaired) electrons. The average Bonchev–Trinajstić information content (AvgIpc) is 3.30. The maximum atomic E-state index is 13.8. The normalized spacial score (nSPS) is 13.8. The van der Waals surface area contributed by atoms with Crippen LogP contribution in [0.1, 0.15) is 43.4 Å². The van der Waals surface area contributed by atoms with Gasteiger partial charge in [0.05, 0.1) is 11.6 Å². The molecule has 38 heavy (non-hydrogen) atoms. The van der Waals surface area contributed by atoms with E-state index in [1.807, 2.05) is 24.3 Å². The van der Waals surface area contributed by atoms with Crippen molar-refractivity contribution >= 4 is 22.4 Å². The Labute approximate surface area is 222 Å². The van der Waals surface area contributed by atoms with Crippen molar-refractivity contribution in [3.05, 3.63) is 120 Å². The summed E-state index contributed by atoms with van der Waals surface area (Å²) in [7, 11) is 2.10. The number of fused-ring (bicyclic) bond motifs is 1. The Morgan fingerprint density at radius 3 is 2.16 bits per heavy atom. The van der Waals surface area contributed by atoms with Gasteiger partial charge in [-0.25, -0.2) is 4.39 Å². The molecule has 0 amide bonds. The fraction of sp³-hybridized carbons (Fsp3) is 0.176. The van der Waals surface area contributed by atoms with Gasteiger partial charge in [-0.2, -0.15) is 0 Å². The number of benzene rings is 4. The predicted octanol–water partition coefficient (Wildman–Crippen LogP) is 9.56. The van der Waals surface area contributed by atoms with E-state index in [1.165, 1.54) is 17.7 Å². The Kier molecular flexibility index (Phi) is 6.24. The van der Waals surface area contributed by atoms with Gasteiger partial charge in [-0.3, -0.25) is 0 Å². The number of aliphatic hydroxyl groups excluding tert-OH is 1. The van der Waals surface area contributed by atoms with Gasteiger partial charge >= 0.3 is 0 Å². The zero-order valence-corrected chi connectivity index (χ0v) is 21.6. The van der Waals surface area contributed by atoms with E-state index in [9.17, 15) is 9.50 Å². The zero-order chi connectivity index (χ0) is 26.2. The van der Waals surface area contributed by atoms with Crippen molar-refractivity contribution in [2.24, 2.45) is 0 Å². The fourth-order valence-corrected chi connectivity index (χ4v) is 5.24. The van der Waals surface area contributed by atoms with Crippen LogP contribution in [0.2, 0.25) is 0 Å². The van der Waals surface area contributed by atoms with Gasteiger partial charge in [-0.15, -0.1) is 0 Å². The molecule has 6 rings (SSSR count). The number of hydrogen-bond acceptors (Lipinski definition) is 3. The van der Waals surface area contributed by atoms with Gasteiger partial charge in [0.25, 0.3) is 0 Å². The van der Waals surface area contributed by atoms with E-state index in [0.29, 0.717) is 16.9 Å². The lowest BCUT2D eigenvalue weighted by molar-refractivity contribution is 0.485. The Morgan fingerprint density at radius 2 is 1.53 bits per heavy atom. The molecule has 4 aromatic carbocycles. The molecule has 4 heteroatoms. The lowest BCUT2D eigenvalue weighted by Gasteiger charge is -2.29. The van der Waals surface area contributed by atoms with Crippen LogP contribution in [0.3, 0.4) is 0 Å². The van der Waals surface area contributed by atoms with Crippen LogP contribution in [0.5, 0.6) is 0 Å². The van der Waals surface area contributed by atoms with Crippen molar-refractivity contribution in [2.45, 2.75) is 32.2 Å². The summed E-state index contributed by atoms with van der Waals surface area (Å²) < 4.78 is 20.2. The number of hydrogen-bond donors (Lipinski definition) is 1. The quantitative estimate of drug-likeness (QED) is 0.234. The summed E-state index contributed by atoms with van der Waals surface area (Å²) in [5, 5.41) is 12.3. The maximum absolute atomic E-state index is 13.8. The second kappa shape index (κ2) is 9.86. The van der Waals surface area contributed by atoms with Gasteiger partial charge in [0.15, 0.2) is 0 Å². The summed E-state index contributed by atoms with van der Waals surface area (Å²) in [5.41, 5.74) is 7.53. The number of nitrogens with zero attached hydrogens (tertiary/aromatic N) is 1. The first-order valence-electron chi connectivity index (χ1n) is 13.1. The third-order valence-electron chi connectivity index (χ3n) is 7.77. The van der Waals surface area contributed by atoms with E-state index in [4.69, 9.17) is 4.42 Å². The van der Waals surface area contributed by atoms with E-state index < -0.39 is 0 Å². The van der Waals surface area contributed by atoms with Gasteiger partial charge in [-0.1, -0.05) is 60.7 Å². The third-order valence-corrected chi connectivity index (χ3v) is 7.77.